The van der Waals surface area contributed by atoms with Crippen LogP contribution in [0.2, 0.25) is 0 Å². The summed E-state index contributed by atoms with van der Waals surface area (Å²) in [4.78, 5) is 0. The molecule has 2 aliphatic rings. The SMILES string of the molecule is C[C@@]12CCC[C@@H]1OC(=S)OC2. The molecular weight excluding hydrogens is 160 g/mol. The predicted octanol–water partition coefficient (Wildman–Crippen LogP) is 1.88. The molecule has 2 nitrogen and oxygen atoms in total. The Balaban J connectivity index is 2.14. The third kappa shape index (κ3) is 1.11. The van der Waals surface area contributed by atoms with Gasteiger partial charge in [-0.2, -0.15) is 0 Å². The molecule has 0 unspecified atom stereocenters. The maximum Gasteiger partial charge on any atom is 0.352 e. The van der Waals surface area contributed by atoms with Gasteiger partial charge in [-0.25, -0.2) is 0 Å². The molecule has 1 saturated carbocycles. The molecule has 62 valence electrons. The summed E-state index contributed by atoms with van der Waals surface area (Å²) in [6.45, 7) is 2.96. The van der Waals surface area contributed by atoms with Gasteiger partial charge in [0.15, 0.2) is 0 Å². The summed E-state index contributed by atoms with van der Waals surface area (Å²) in [5.74, 6) is 0. The monoisotopic (exact) mass is 172 g/mol. The maximum atomic E-state index is 5.42. The van der Waals surface area contributed by atoms with Crippen molar-refractivity contribution < 1.29 is 9.47 Å². The summed E-state index contributed by atoms with van der Waals surface area (Å²) < 4.78 is 10.6. The average molecular weight is 172 g/mol. The Bertz CT molecular complexity index is 193. The van der Waals surface area contributed by atoms with Crippen molar-refractivity contribution in [1.82, 2.24) is 0 Å². The van der Waals surface area contributed by atoms with E-state index in [1.807, 2.05) is 0 Å². The number of fused-ring (bicyclic) bond motifs is 1. The Kier molecular flexibility index (Phi) is 1.56. The number of thiocarbonyl (C=S) groups is 1. The van der Waals surface area contributed by atoms with E-state index in [-0.39, 0.29) is 5.41 Å². The molecule has 0 amide bonds. The van der Waals surface area contributed by atoms with Gasteiger partial charge in [0.1, 0.15) is 12.7 Å². The standard InChI is InChI=1S/C8H12O2S/c1-8-4-2-3-6(8)10-7(11)9-5-8/h6H,2-5H2,1H3/t6-,8-/m0/s1. The highest BCUT2D eigenvalue weighted by Gasteiger charge is 2.44. The van der Waals surface area contributed by atoms with Crippen molar-refractivity contribution in [2.75, 3.05) is 6.61 Å². The molecule has 1 aliphatic heterocycles. The highest BCUT2D eigenvalue weighted by molar-refractivity contribution is 7.79. The number of hydrogen-bond acceptors (Lipinski definition) is 3. The van der Waals surface area contributed by atoms with E-state index < -0.39 is 0 Å². The molecule has 0 N–H and O–H groups in total. The van der Waals surface area contributed by atoms with Crippen LogP contribution >= 0.6 is 12.2 Å². The smallest absolute Gasteiger partial charge is 0.352 e. The van der Waals surface area contributed by atoms with Crippen molar-refractivity contribution in [2.45, 2.75) is 32.3 Å². The van der Waals surface area contributed by atoms with Crippen LogP contribution in [0.3, 0.4) is 0 Å². The lowest BCUT2D eigenvalue weighted by Gasteiger charge is -2.35. The molecule has 0 aromatic heterocycles. The van der Waals surface area contributed by atoms with Crippen LogP contribution in [0.1, 0.15) is 26.2 Å². The number of hydrogen-bond donors (Lipinski definition) is 0. The summed E-state index contributed by atoms with van der Waals surface area (Å²) in [5, 5.41) is 0.342. The molecule has 2 rings (SSSR count). The lowest BCUT2D eigenvalue weighted by atomic mass is 9.87. The summed E-state index contributed by atoms with van der Waals surface area (Å²) >= 11 is 4.83. The zero-order valence-electron chi connectivity index (χ0n) is 6.63. The van der Waals surface area contributed by atoms with E-state index in [0.29, 0.717) is 11.3 Å². The summed E-state index contributed by atoms with van der Waals surface area (Å²) in [5.41, 5.74) is 0.238. The first-order chi connectivity index (χ1) is 5.21. The molecule has 0 bridgehead atoms. The Morgan fingerprint density at radius 2 is 2.45 bits per heavy atom. The van der Waals surface area contributed by atoms with Crippen molar-refractivity contribution in [3.63, 3.8) is 0 Å². The van der Waals surface area contributed by atoms with Gasteiger partial charge in [-0.3, -0.25) is 0 Å². The molecule has 0 aromatic rings. The van der Waals surface area contributed by atoms with Crippen LogP contribution < -0.4 is 0 Å². The third-order valence-electron chi connectivity index (χ3n) is 2.75. The van der Waals surface area contributed by atoms with E-state index in [2.05, 4.69) is 6.92 Å². The van der Waals surface area contributed by atoms with Gasteiger partial charge in [-0.05, 0) is 19.3 Å². The molecular formula is C8H12O2S. The average Bonchev–Trinajstić information content (AvgIpc) is 2.31. The van der Waals surface area contributed by atoms with E-state index in [9.17, 15) is 0 Å². The van der Waals surface area contributed by atoms with E-state index >= 15 is 0 Å². The normalized spacial score (nSPS) is 42.6. The van der Waals surface area contributed by atoms with Gasteiger partial charge in [0.25, 0.3) is 0 Å². The molecule has 0 radical (unpaired) electrons. The van der Waals surface area contributed by atoms with Gasteiger partial charge in [0.2, 0.25) is 0 Å². The summed E-state index contributed by atoms with van der Waals surface area (Å²) in [7, 11) is 0. The lowest BCUT2D eigenvalue weighted by Crippen LogP contribution is -2.41. The first kappa shape index (κ1) is 7.35. The number of rotatable bonds is 0. The molecule has 1 heterocycles. The van der Waals surface area contributed by atoms with E-state index in [1.165, 1.54) is 12.8 Å². The van der Waals surface area contributed by atoms with E-state index in [0.717, 1.165) is 13.0 Å². The van der Waals surface area contributed by atoms with Crippen LogP contribution in [0, 0.1) is 5.41 Å². The second kappa shape index (κ2) is 2.34. The second-order valence-corrected chi connectivity index (χ2v) is 4.02. The minimum atomic E-state index is 0.238. The highest BCUT2D eigenvalue weighted by atomic mass is 32.1. The highest BCUT2D eigenvalue weighted by Crippen LogP contribution is 2.42. The molecule has 2 fully saturated rings. The van der Waals surface area contributed by atoms with Crippen molar-refractivity contribution in [1.29, 1.82) is 0 Å². The Morgan fingerprint density at radius 1 is 1.64 bits per heavy atom. The first-order valence-corrected chi connectivity index (χ1v) is 4.45. The van der Waals surface area contributed by atoms with E-state index in [4.69, 9.17) is 21.7 Å². The minimum Gasteiger partial charge on any atom is -0.456 e. The fourth-order valence-electron chi connectivity index (χ4n) is 1.94. The molecule has 1 saturated heterocycles. The first-order valence-electron chi connectivity index (χ1n) is 4.04. The van der Waals surface area contributed by atoms with Crippen LogP contribution in [-0.4, -0.2) is 17.9 Å². The Morgan fingerprint density at radius 3 is 3.27 bits per heavy atom. The second-order valence-electron chi connectivity index (χ2n) is 3.69. The molecule has 1 aliphatic carbocycles. The number of ether oxygens (including phenoxy) is 2. The largest absolute Gasteiger partial charge is 0.456 e. The molecule has 0 aromatic carbocycles. The third-order valence-corrected chi connectivity index (χ3v) is 2.96. The summed E-state index contributed by atoms with van der Waals surface area (Å²) in [6.07, 6.45) is 3.91. The van der Waals surface area contributed by atoms with Crippen LogP contribution in [0.4, 0.5) is 0 Å². The molecule has 0 spiro atoms. The predicted molar refractivity (Wildman–Crippen MR) is 45.4 cm³/mol. The van der Waals surface area contributed by atoms with Crippen LogP contribution in [0.15, 0.2) is 0 Å². The van der Waals surface area contributed by atoms with Crippen molar-refractivity contribution >= 4 is 17.5 Å². The molecule has 2 atom stereocenters. The molecule has 11 heavy (non-hydrogen) atoms. The van der Waals surface area contributed by atoms with E-state index in [1.54, 1.807) is 0 Å². The minimum absolute atomic E-state index is 0.238. The Labute approximate surface area is 71.9 Å². The maximum absolute atomic E-state index is 5.42. The molecule has 3 heteroatoms. The van der Waals surface area contributed by atoms with Gasteiger partial charge in [0, 0.05) is 17.6 Å². The van der Waals surface area contributed by atoms with Gasteiger partial charge in [-0.15, -0.1) is 0 Å². The van der Waals surface area contributed by atoms with Gasteiger partial charge in [-0.1, -0.05) is 6.92 Å². The van der Waals surface area contributed by atoms with Crippen LogP contribution in [-0.2, 0) is 9.47 Å². The zero-order valence-corrected chi connectivity index (χ0v) is 7.45. The van der Waals surface area contributed by atoms with Crippen molar-refractivity contribution in [3.05, 3.63) is 0 Å². The quantitative estimate of drug-likeness (QED) is 0.520. The van der Waals surface area contributed by atoms with Gasteiger partial charge >= 0.3 is 5.24 Å². The van der Waals surface area contributed by atoms with Crippen LogP contribution in [0.5, 0.6) is 0 Å². The zero-order chi connectivity index (χ0) is 7.90. The Hall–Kier alpha value is -0.310. The van der Waals surface area contributed by atoms with Gasteiger partial charge in [0.05, 0.1) is 0 Å². The lowest BCUT2D eigenvalue weighted by molar-refractivity contribution is -0.0409. The van der Waals surface area contributed by atoms with Crippen molar-refractivity contribution in [3.8, 4) is 0 Å². The summed E-state index contributed by atoms with van der Waals surface area (Å²) in [6, 6.07) is 0. The van der Waals surface area contributed by atoms with Crippen molar-refractivity contribution in [2.24, 2.45) is 5.41 Å². The van der Waals surface area contributed by atoms with Gasteiger partial charge < -0.3 is 9.47 Å². The topological polar surface area (TPSA) is 18.5 Å². The fourth-order valence-corrected chi connectivity index (χ4v) is 2.12. The van der Waals surface area contributed by atoms with Crippen LogP contribution in [0.25, 0.3) is 0 Å². The fraction of sp³-hybridized carbons (Fsp3) is 0.875.